The predicted molar refractivity (Wildman–Crippen MR) is 79.6 cm³/mol. The van der Waals surface area contributed by atoms with Crippen molar-refractivity contribution >= 4 is 0 Å². The molecular weight excluding hydrogens is 220 g/mol. The van der Waals surface area contributed by atoms with E-state index in [2.05, 4.69) is 49.9 Å². The van der Waals surface area contributed by atoms with E-state index in [1.807, 2.05) is 6.07 Å². The van der Waals surface area contributed by atoms with E-state index in [4.69, 9.17) is 5.73 Å². The first-order chi connectivity index (χ1) is 8.69. The summed E-state index contributed by atoms with van der Waals surface area (Å²) < 4.78 is 0. The van der Waals surface area contributed by atoms with Crippen molar-refractivity contribution in [1.82, 2.24) is 4.90 Å². The fourth-order valence-electron chi connectivity index (χ4n) is 2.17. The molecule has 2 N–H and O–H groups in total. The Morgan fingerprint density at radius 2 is 1.83 bits per heavy atom. The lowest BCUT2D eigenvalue weighted by atomic mass is 10.1. The van der Waals surface area contributed by atoms with E-state index in [1.54, 1.807) is 0 Å². The Kier molecular flexibility index (Phi) is 6.99. The molecule has 0 aliphatic rings. The molecule has 0 heterocycles. The first kappa shape index (κ1) is 15.2. The number of hydrogen-bond acceptors (Lipinski definition) is 2. The SMILES string of the molecule is CCCCN(CC(N)c1ccccc1)C(C)CC. The topological polar surface area (TPSA) is 29.3 Å². The van der Waals surface area contributed by atoms with Crippen LogP contribution < -0.4 is 5.73 Å². The number of nitrogens with zero attached hydrogens (tertiary/aromatic N) is 1. The molecule has 0 amide bonds. The van der Waals surface area contributed by atoms with Gasteiger partial charge in [0.15, 0.2) is 0 Å². The van der Waals surface area contributed by atoms with Gasteiger partial charge in [-0.1, -0.05) is 50.6 Å². The van der Waals surface area contributed by atoms with Crippen molar-refractivity contribution in [2.75, 3.05) is 13.1 Å². The van der Waals surface area contributed by atoms with Gasteiger partial charge >= 0.3 is 0 Å². The quantitative estimate of drug-likeness (QED) is 0.762. The van der Waals surface area contributed by atoms with E-state index in [9.17, 15) is 0 Å². The number of hydrogen-bond donors (Lipinski definition) is 1. The van der Waals surface area contributed by atoms with Crippen molar-refractivity contribution in [1.29, 1.82) is 0 Å². The molecule has 1 aromatic rings. The van der Waals surface area contributed by atoms with E-state index in [0.717, 1.165) is 13.1 Å². The molecule has 0 aliphatic heterocycles. The Bertz CT molecular complexity index is 310. The Hall–Kier alpha value is -0.860. The number of unbranched alkanes of at least 4 members (excludes halogenated alkanes) is 1. The molecule has 1 rings (SSSR count). The van der Waals surface area contributed by atoms with E-state index >= 15 is 0 Å². The number of nitrogens with two attached hydrogens (primary N) is 1. The maximum atomic E-state index is 6.32. The molecule has 0 saturated carbocycles. The van der Waals surface area contributed by atoms with Crippen LogP contribution in [0.1, 0.15) is 51.6 Å². The highest BCUT2D eigenvalue weighted by Gasteiger charge is 2.16. The lowest BCUT2D eigenvalue weighted by Gasteiger charge is -2.31. The van der Waals surface area contributed by atoms with Crippen LogP contribution in [0.15, 0.2) is 30.3 Å². The highest BCUT2D eigenvalue weighted by Crippen LogP contribution is 2.14. The van der Waals surface area contributed by atoms with Gasteiger partial charge in [0.25, 0.3) is 0 Å². The first-order valence-electron chi connectivity index (χ1n) is 7.23. The lowest BCUT2D eigenvalue weighted by Crippen LogP contribution is -2.39. The third kappa shape index (κ3) is 4.79. The minimum absolute atomic E-state index is 0.122. The third-order valence-electron chi connectivity index (χ3n) is 3.67. The number of benzene rings is 1. The van der Waals surface area contributed by atoms with Gasteiger partial charge in [0, 0.05) is 18.6 Å². The first-order valence-corrected chi connectivity index (χ1v) is 7.23. The van der Waals surface area contributed by atoms with Crippen LogP contribution in [-0.4, -0.2) is 24.0 Å². The van der Waals surface area contributed by atoms with Gasteiger partial charge in [-0.2, -0.15) is 0 Å². The second kappa shape index (κ2) is 8.28. The predicted octanol–water partition coefficient (Wildman–Crippen LogP) is 3.59. The second-order valence-electron chi connectivity index (χ2n) is 5.12. The molecule has 18 heavy (non-hydrogen) atoms. The molecule has 2 heteroatoms. The number of rotatable bonds is 8. The summed E-state index contributed by atoms with van der Waals surface area (Å²) >= 11 is 0. The Labute approximate surface area is 112 Å². The summed E-state index contributed by atoms with van der Waals surface area (Å²) in [6.45, 7) is 8.90. The van der Waals surface area contributed by atoms with Gasteiger partial charge in [-0.3, -0.25) is 4.90 Å². The molecule has 2 atom stereocenters. The fraction of sp³-hybridized carbons (Fsp3) is 0.625. The van der Waals surface area contributed by atoms with Gasteiger partial charge in [0.05, 0.1) is 0 Å². The van der Waals surface area contributed by atoms with E-state index in [1.165, 1.54) is 24.8 Å². The van der Waals surface area contributed by atoms with Crippen LogP contribution in [0.2, 0.25) is 0 Å². The van der Waals surface area contributed by atoms with Gasteiger partial charge in [-0.15, -0.1) is 0 Å². The molecule has 0 saturated heterocycles. The Morgan fingerprint density at radius 1 is 1.17 bits per heavy atom. The lowest BCUT2D eigenvalue weighted by molar-refractivity contribution is 0.189. The Morgan fingerprint density at radius 3 is 2.39 bits per heavy atom. The van der Waals surface area contributed by atoms with Crippen LogP contribution >= 0.6 is 0 Å². The van der Waals surface area contributed by atoms with Crippen LogP contribution in [0.25, 0.3) is 0 Å². The van der Waals surface area contributed by atoms with Gasteiger partial charge < -0.3 is 5.73 Å². The molecule has 0 spiro atoms. The van der Waals surface area contributed by atoms with Crippen LogP contribution in [0.3, 0.4) is 0 Å². The average molecular weight is 248 g/mol. The molecule has 0 fully saturated rings. The molecule has 1 aromatic carbocycles. The maximum absolute atomic E-state index is 6.32. The van der Waals surface area contributed by atoms with Gasteiger partial charge in [-0.05, 0) is 31.9 Å². The summed E-state index contributed by atoms with van der Waals surface area (Å²) in [5.41, 5.74) is 7.56. The van der Waals surface area contributed by atoms with Crippen molar-refractivity contribution in [3.8, 4) is 0 Å². The van der Waals surface area contributed by atoms with E-state index in [-0.39, 0.29) is 6.04 Å². The molecule has 2 unspecified atom stereocenters. The van der Waals surface area contributed by atoms with Crippen LogP contribution in [0, 0.1) is 0 Å². The maximum Gasteiger partial charge on any atom is 0.0424 e. The molecule has 2 nitrogen and oxygen atoms in total. The van der Waals surface area contributed by atoms with Crippen LogP contribution in [0.4, 0.5) is 0 Å². The smallest absolute Gasteiger partial charge is 0.0424 e. The second-order valence-corrected chi connectivity index (χ2v) is 5.12. The Balaban J connectivity index is 2.59. The molecule has 0 aromatic heterocycles. The van der Waals surface area contributed by atoms with Gasteiger partial charge in [-0.25, -0.2) is 0 Å². The average Bonchev–Trinajstić information content (AvgIpc) is 2.43. The minimum atomic E-state index is 0.122. The van der Waals surface area contributed by atoms with E-state index in [0.29, 0.717) is 6.04 Å². The van der Waals surface area contributed by atoms with Crippen molar-refractivity contribution in [2.24, 2.45) is 5.73 Å². The highest BCUT2D eigenvalue weighted by molar-refractivity contribution is 5.18. The van der Waals surface area contributed by atoms with Gasteiger partial charge in [0.2, 0.25) is 0 Å². The van der Waals surface area contributed by atoms with E-state index < -0.39 is 0 Å². The molecule has 0 aliphatic carbocycles. The third-order valence-corrected chi connectivity index (χ3v) is 3.67. The zero-order valence-electron chi connectivity index (χ0n) is 12.1. The summed E-state index contributed by atoms with van der Waals surface area (Å²) in [4.78, 5) is 2.53. The monoisotopic (exact) mass is 248 g/mol. The van der Waals surface area contributed by atoms with Gasteiger partial charge in [0.1, 0.15) is 0 Å². The van der Waals surface area contributed by atoms with Crippen molar-refractivity contribution in [2.45, 2.75) is 52.1 Å². The summed E-state index contributed by atoms with van der Waals surface area (Å²) in [5, 5.41) is 0. The van der Waals surface area contributed by atoms with Crippen molar-refractivity contribution < 1.29 is 0 Å². The highest BCUT2D eigenvalue weighted by atomic mass is 15.2. The molecular formula is C16H28N2. The molecule has 0 radical (unpaired) electrons. The van der Waals surface area contributed by atoms with Crippen LogP contribution in [-0.2, 0) is 0 Å². The minimum Gasteiger partial charge on any atom is -0.323 e. The normalized spacial score (nSPS) is 14.7. The standard InChI is InChI=1S/C16H28N2/c1-4-6-12-18(14(3)5-2)13-16(17)15-10-8-7-9-11-15/h7-11,14,16H,4-6,12-13,17H2,1-3H3. The molecule has 102 valence electrons. The summed E-state index contributed by atoms with van der Waals surface area (Å²) in [7, 11) is 0. The van der Waals surface area contributed by atoms with Crippen molar-refractivity contribution in [3.05, 3.63) is 35.9 Å². The largest absolute Gasteiger partial charge is 0.323 e. The zero-order chi connectivity index (χ0) is 13.4. The summed E-state index contributed by atoms with van der Waals surface area (Å²) in [6.07, 6.45) is 3.69. The molecule has 0 bridgehead atoms. The zero-order valence-corrected chi connectivity index (χ0v) is 12.1. The summed E-state index contributed by atoms with van der Waals surface area (Å²) in [6, 6.07) is 11.2. The van der Waals surface area contributed by atoms with Crippen molar-refractivity contribution in [3.63, 3.8) is 0 Å². The van der Waals surface area contributed by atoms with Crippen LogP contribution in [0.5, 0.6) is 0 Å². The fourth-order valence-corrected chi connectivity index (χ4v) is 2.17. The summed E-state index contributed by atoms with van der Waals surface area (Å²) in [5.74, 6) is 0.